The second-order valence-electron chi connectivity index (χ2n) is 4.90. The van der Waals surface area contributed by atoms with Crippen LogP contribution in [0.1, 0.15) is 19.4 Å². The van der Waals surface area contributed by atoms with E-state index in [1.54, 1.807) is 6.92 Å². The van der Waals surface area contributed by atoms with Crippen LogP contribution < -0.4 is 4.74 Å². The van der Waals surface area contributed by atoms with Gasteiger partial charge in [0.2, 0.25) is 6.10 Å². The molecular formula is C16H16ClF3O5. The van der Waals surface area contributed by atoms with Crippen LogP contribution in [-0.2, 0) is 25.2 Å². The van der Waals surface area contributed by atoms with E-state index < -0.39 is 36.4 Å². The standard InChI is InChI=1S/C16H16ClF3O5/c1-4-23-15(22)14(9(2)3)25-13(21)8-24-12-6-5-10(7-11(12)17)16(18,19)20/h5-7,14H,2,4,8H2,1,3H3. The van der Waals surface area contributed by atoms with Crippen LogP contribution in [-0.4, -0.2) is 31.3 Å². The highest BCUT2D eigenvalue weighted by Crippen LogP contribution is 2.34. The van der Waals surface area contributed by atoms with Crippen molar-refractivity contribution in [3.63, 3.8) is 0 Å². The summed E-state index contributed by atoms with van der Waals surface area (Å²) in [6, 6.07) is 2.43. The Morgan fingerprint density at radius 3 is 2.44 bits per heavy atom. The van der Waals surface area contributed by atoms with Crippen molar-refractivity contribution >= 4 is 23.5 Å². The normalized spacial score (nSPS) is 12.2. The Labute approximate surface area is 147 Å². The number of carbonyl (C=O) groups excluding carboxylic acids is 2. The fourth-order valence-electron chi connectivity index (χ4n) is 1.66. The zero-order valence-corrected chi connectivity index (χ0v) is 14.2. The number of hydrogen-bond acceptors (Lipinski definition) is 5. The van der Waals surface area contributed by atoms with Gasteiger partial charge >= 0.3 is 18.1 Å². The van der Waals surface area contributed by atoms with E-state index in [9.17, 15) is 22.8 Å². The highest BCUT2D eigenvalue weighted by molar-refractivity contribution is 6.32. The molecule has 9 heteroatoms. The van der Waals surface area contributed by atoms with E-state index in [4.69, 9.17) is 25.8 Å². The molecule has 0 aliphatic heterocycles. The Hall–Kier alpha value is -2.22. The molecule has 1 unspecified atom stereocenters. The molecule has 0 amide bonds. The average molecular weight is 381 g/mol. The Morgan fingerprint density at radius 2 is 1.96 bits per heavy atom. The molecule has 1 aromatic carbocycles. The summed E-state index contributed by atoms with van der Waals surface area (Å²) in [5.74, 6) is -1.84. The summed E-state index contributed by atoms with van der Waals surface area (Å²) in [4.78, 5) is 23.4. The zero-order valence-electron chi connectivity index (χ0n) is 13.5. The van der Waals surface area contributed by atoms with E-state index in [-0.39, 0.29) is 23.0 Å². The minimum absolute atomic E-state index is 0.0951. The molecule has 25 heavy (non-hydrogen) atoms. The monoisotopic (exact) mass is 380 g/mol. The predicted molar refractivity (Wildman–Crippen MR) is 83.3 cm³/mol. The highest BCUT2D eigenvalue weighted by atomic mass is 35.5. The minimum Gasteiger partial charge on any atom is -0.480 e. The Balaban J connectivity index is 2.70. The molecule has 0 radical (unpaired) electrons. The van der Waals surface area contributed by atoms with Gasteiger partial charge in [-0.2, -0.15) is 13.2 Å². The Morgan fingerprint density at radius 1 is 1.32 bits per heavy atom. The van der Waals surface area contributed by atoms with Gasteiger partial charge in [0, 0.05) is 0 Å². The first-order chi connectivity index (χ1) is 11.6. The number of carbonyl (C=O) groups is 2. The maximum Gasteiger partial charge on any atom is 0.416 e. The molecule has 0 heterocycles. The molecule has 138 valence electrons. The van der Waals surface area contributed by atoms with Crippen molar-refractivity contribution in [2.24, 2.45) is 0 Å². The summed E-state index contributed by atoms with van der Waals surface area (Å²) in [6.07, 6.45) is -5.84. The molecule has 0 fully saturated rings. The lowest BCUT2D eigenvalue weighted by Gasteiger charge is -2.17. The van der Waals surface area contributed by atoms with Crippen LogP contribution in [0.15, 0.2) is 30.4 Å². The number of alkyl halides is 3. The van der Waals surface area contributed by atoms with E-state index in [0.717, 1.165) is 12.1 Å². The molecule has 0 saturated carbocycles. The maximum absolute atomic E-state index is 12.5. The molecule has 0 aliphatic rings. The number of hydrogen-bond donors (Lipinski definition) is 0. The first-order valence-corrected chi connectivity index (χ1v) is 7.45. The highest BCUT2D eigenvalue weighted by Gasteiger charge is 2.31. The summed E-state index contributed by atoms with van der Waals surface area (Å²) in [5.41, 5.74) is -0.698. The molecule has 0 N–H and O–H groups in total. The van der Waals surface area contributed by atoms with Crippen molar-refractivity contribution in [1.82, 2.24) is 0 Å². The fourth-order valence-corrected chi connectivity index (χ4v) is 1.90. The smallest absolute Gasteiger partial charge is 0.416 e. The summed E-state index contributed by atoms with van der Waals surface area (Å²) in [7, 11) is 0. The number of esters is 2. The van der Waals surface area contributed by atoms with E-state index in [0.29, 0.717) is 6.07 Å². The van der Waals surface area contributed by atoms with Gasteiger partial charge in [-0.15, -0.1) is 0 Å². The third kappa shape index (κ3) is 6.30. The second kappa shape index (κ2) is 8.75. The van der Waals surface area contributed by atoms with Crippen LogP contribution in [0.5, 0.6) is 5.75 Å². The number of benzene rings is 1. The SMILES string of the molecule is C=C(C)C(OC(=O)COc1ccc(C(F)(F)F)cc1Cl)C(=O)OCC. The van der Waals surface area contributed by atoms with E-state index in [1.165, 1.54) is 6.92 Å². The Bertz CT molecular complexity index is 658. The van der Waals surface area contributed by atoms with Crippen molar-refractivity contribution in [2.75, 3.05) is 13.2 Å². The molecular weight excluding hydrogens is 365 g/mol. The van der Waals surface area contributed by atoms with Gasteiger partial charge in [0.1, 0.15) is 5.75 Å². The minimum atomic E-state index is -4.55. The lowest BCUT2D eigenvalue weighted by atomic mass is 10.2. The molecule has 0 aliphatic carbocycles. The summed E-state index contributed by atoms with van der Waals surface area (Å²) in [5, 5.41) is -0.315. The fraction of sp³-hybridized carbons (Fsp3) is 0.375. The van der Waals surface area contributed by atoms with Crippen LogP contribution in [0, 0.1) is 0 Å². The number of halogens is 4. The summed E-state index contributed by atoms with van der Waals surface area (Å²) in [6.45, 7) is 6.03. The van der Waals surface area contributed by atoms with Crippen molar-refractivity contribution < 1.29 is 37.0 Å². The molecule has 1 atom stereocenters. The molecule has 1 rings (SSSR count). The topological polar surface area (TPSA) is 61.8 Å². The summed E-state index contributed by atoms with van der Waals surface area (Å²) >= 11 is 5.70. The lowest BCUT2D eigenvalue weighted by Crippen LogP contribution is -2.32. The van der Waals surface area contributed by atoms with Gasteiger partial charge < -0.3 is 14.2 Å². The maximum atomic E-state index is 12.5. The van der Waals surface area contributed by atoms with Gasteiger partial charge in [-0.25, -0.2) is 9.59 Å². The van der Waals surface area contributed by atoms with Gasteiger partial charge in [0.05, 0.1) is 17.2 Å². The average Bonchev–Trinajstić information content (AvgIpc) is 2.50. The van der Waals surface area contributed by atoms with E-state index in [2.05, 4.69) is 6.58 Å². The van der Waals surface area contributed by atoms with Gasteiger partial charge in [-0.1, -0.05) is 18.2 Å². The van der Waals surface area contributed by atoms with Crippen LogP contribution >= 0.6 is 11.6 Å². The molecule has 5 nitrogen and oxygen atoms in total. The van der Waals surface area contributed by atoms with Crippen molar-refractivity contribution in [1.29, 1.82) is 0 Å². The van der Waals surface area contributed by atoms with Crippen LogP contribution in [0.25, 0.3) is 0 Å². The third-order valence-electron chi connectivity index (χ3n) is 2.80. The van der Waals surface area contributed by atoms with Crippen molar-refractivity contribution in [2.45, 2.75) is 26.1 Å². The second-order valence-corrected chi connectivity index (χ2v) is 5.31. The molecule has 0 bridgehead atoms. The van der Waals surface area contributed by atoms with Gasteiger partial charge in [-0.05, 0) is 37.6 Å². The number of ether oxygens (including phenoxy) is 3. The van der Waals surface area contributed by atoms with Crippen LogP contribution in [0.4, 0.5) is 13.2 Å². The quantitative estimate of drug-likeness (QED) is 0.532. The van der Waals surface area contributed by atoms with E-state index >= 15 is 0 Å². The van der Waals surface area contributed by atoms with Gasteiger partial charge in [-0.3, -0.25) is 0 Å². The first kappa shape index (κ1) is 20.8. The largest absolute Gasteiger partial charge is 0.480 e. The third-order valence-corrected chi connectivity index (χ3v) is 3.10. The summed E-state index contributed by atoms with van der Waals surface area (Å²) < 4.78 is 52.3. The predicted octanol–water partition coefficient (Wildman–Crippen LogP) is 3.79. The van der Waals surface area contributed by atoms with Crippen molar-refractivity contribution in [3.05, 3.63) is 40.9 Å². The zero-order chi connectivity index (χ0) is 19.2. The van der Waals surface area contributed by atoms with Gasteiger partial charge in [0.15, 0.2) is 6.61 Å². The molecule has 0 saturated heterocycles. The molecule has 1 aromatic rings. The molecule has 0 aromatic heterocycles. The number of rotatable bonds is 7. The van der Waals surface area contributed by atoms with E-state index in [1.807, 2.05) is 0 Å². The van der Waals surface area contributed by atoms with Crippen LogP contribution in [0.3, 0.4) is 0 Å². The van der Waals surface area contributed by atoms with Gasteiger partial charge in [0.25, 0.3) is 0 Å². The first-order valence-electron chi connectivity index (χ1n) is 7.07. The lowest BCUT2D eigenvalue weighted by molar-refractivity contribution is -0.166. The van der Waals surface area contributed by atoms with Crippen molar-refractivity contribution in [3.8, 4) is 5.75 Å². The van der Waals surface area contributed by atoms with Crippen LogP contribution in [0.2, 0.25) is 5.02 Å². The Kier molecular flexibility index (Phi) is 7.29. The molecule has 0 spiro atoms.